The van der Waals surface area contributed by atoms with Crippen molar-refractivity contribution in [2.75, 3.05) is 5.32 Å². The third kappa shape index (κ3) is 4.69. The lowest BCUT2D eigenvalue weighted by Crippen LogP contribution is -2.30. The van der Waals surface area contributed by atoms with Gasteiger partial charge in [-0.2, -0.15) is 0 Å². The molecule has 0 saturated carbocycles. The molecular formula is C17H13Cl2N3O2S. The molecule has 0 aliphatic heterocycles. The minimum atomic E-state index is -0.691. The number of anilines is 1. The number of hydrogen-bond donors (Lipinski definition) is 1. The molecule has 0 aliphatic rings. The van der Waals surface area contributed by atoms with Crippen molar-refractivity contribution >= 4 is 45.6 Å². The predicted molar refractivity (Wildman–Crippen MR) is 101 cm³/mol. The molecule has 0 bridgehead atoms. The SMILES string of the molecule is C[C@H](Oc1ccc(Cl)cc1)C(=O)Nc1nnc(-c2ccc(Cl)cc2)s1. The fraction of sp³-hybridized carbons (Fsp3) is 0.118. The van der Waals surface area contributed by atoms with Crippen LogP contribution in [0.2, 0.25) is 10.0 Å². The average Bonchev–Trinajstić information content (AvgIpc) is 3.06. The smallest absolute Gasteiger partial charge is 0.266 e. The van der Waals surface area contributed by atoms with Gasteiger partial charge in [-0.05, 0) is 43.3 Å². The van der Waals surface area contributed by atoms with Crippen molar-refractivity contribution < 1.29 is 9.53 Å². The molecular weight excluding hydrogens is 381 g/mol. The Morgan fingerprint density at radius 3 is 2.28 bits per heavy atom. The van der Waals surface area contributed by atoms with Crippen LogP contribution in [0.5, 0.6) is 5.75 Å². The fourth-order valence-corrected chi connectivity index (χ4v) is 2.96. The second kappa shape index (κ2) is 7.82. The van der Waals surface area contributed by atoms with Gasteiger partial charge in [0, 0.05) is 15.6 Å². The highest BCUT2D eigenvalue weighted by molar-refractivity contribution is 7.18. The third-order valence-electron chi connectivity index (χ3n) is 3.24. The number of nitrogens with zero attached hydrogens (tertiary/aromatic N) is 2. The van der Waals surface area contributed by atoms with E-state index in [-0.39, 0.29) is 5.91 Å². The van der Waals surface area contributed by atoms with Gasteiger partial charge in [0.1, 0.15) is 10.8 Å². The monoisotopic (exact) mass is 393 g/mol. The molecule has 3 aromatic rings. The Balaban J connectivity index is 1.62. The van der Waals surface area contributed by atoms with Crippen molar-refractivity contribution in [3.63, 3.8) is 0 Å². The number of halogens is 2. The van der Waals surface area contributed by atoms with E-state index in [0.29, 0.717) is 25.9 Å². The van der Waals surface area contributed by atoms with Crippen LogP contribution < -0.4 is 10.1 Å². The van der Waals surface area contributed by atoms with Crippen molar-refractivity contribution in [2.24, 2.45) is 0 Å². The summed E-state index contributed by atoms with van der Waals surface area (Å²) < 4.78 is 5.58. The lowest BCUT2D eigenvalue weighted by atomic mass is 10.2. The molecule has 8 heteroatoms. The number of aromatic nitrogens is 2. The van der Waals surface area contributed by atoms with Crippen molar-refractivity contribution in [3.05, 3.63) is 58.6 Å². The van der Waals surface area contributed by atoms with Gasteiger partial charge in [0.15, 0.2) is 6.10 Å². The zero-order valence-electron chi connectivity index (χ0n) is 13.1. The summed E-state index contributed by atoms with van der Waals surface area (Å²) in [6.07, 6.45) is -0.691. The molecule has 0 aliphatic carbocycles. The topological polar surface area (TPSA) is 64.1 Å². The summed E-state index contributed by atoms with van der Waals surface area (Å²) in [4.78, 5) is 12.2. The summed E-state index contributed by atoms with van der Waals surface area (Å²) in [6, 6.07) is 14.1. The van der Waals surface area contributed by atoms with Crippen LogP contribution in [0.25, 0.3) is 10.6 Å². The number of amides is 1. The van der Waals surface area contributed by atoms with E-state index in [0.717, 1.165) is 5.56 Å². The van der Waals surface area contributed by atoms with Gasteiger partial charge < -0.3 is 4.74 Å². The van der Waals surface area contributed by atoms with E-state index < -0.39 is 6.10 Å². The van der Waals surface area contributed by atoms with Crippen molar-refractivity contribution in [1.29, 1.82) is 0 Å². The molecule has 0 spiro atoms. The summed E-state index contributed by atoms with van der Waals surface area (Å²) >= 11 is 13.0. The molecule has 0 unspecified atom stereocenters. The second-order valence-corrected chi connectivity index (χ2v) is 6.97. The molecule has 0 radical (unpaired) electrons. The van der Waals surface area contributed by atoms with E-state index in [2.05, 4.69) is 15.5 Å². The Morgan fingerprint density at radius 2 is 1.64 bits per heavy atom. The molecule has 1 atom stereocenters. The van der Waals surface area contributed by atoms with Crippen LogP contribution in [0.1, 0.15) is 6.92 Å². The number of carbonyl (C=O) groups is 1. The Morgan fingerprint density at radius 1 is 1.04 bits per heavy atom. The standard InChI is InChI=1S/C17H13Cl2N3O2S/c1-10(24-14-8-6-13(19)7-9-14)15(23)20-17-22-21-16(25-17)11-2-4-12(18)5-3-11/h2-10H,1H3,(H,20,22,23)/t10-/m0/s1. The number of rotatable bonds is 5. The Labute approximate surface area is 158 Å². The number of hydrogen-bond acceptors (Lipinski definition) is 5. The zero-order valence-corrected chi connectivity index (χ0v) is 15.4. The van der Waals surface area contributed by atoms with Crippen molar-refractivity contribution in [2.45, 2.75) is 13.0 Å². The molecule has 1 N–H and O–H groups in total. The summed E-state index contributed by atoms with van der Waals surface area (Å²) in [6.45, 7) is 1.66. The van der Waals surface area contributed by atoms with Crippen LogP contribution in [-0.4, -0.2) is 22.2 Å². The highest BCUT2D eigenvalue weighted by Crippen LogP contribution is 2.27. The fourth-order valence-electron chi connectivity index (χ4n) is 1.96. The van der Waals surface area contributed by atoms with Crippen LogP contribution in [0, 0.1) is 0 Å². The van der Waals surface area contributed by atoms with E-state index in [1.807, 2.05) is 12.1 Å². The Bertz CT molecular complexity index is 866. The van der Waals surface area contributed by atoms with Gasteiger partial charge in [-0.15, -0.1) is 10.2 Å². The van der Waals surface area contributed by atoms with Gasteiger partial charge in [-0.25, -0.2) is 0 Å². The molecule has 3 rings (SSSR count). The Kier molecular flexibility index (Phi) is 5.53. The molecule has 1 amide bonds. The highest BCUT2D eigenvalue weighted by atomic mass is 35.5. The first kappa shape index (κ1) is 17.7. The van der Waals surface area contributed by atoms with E-state index in [1.165, 1.54) is 11.3 Å². The minimum absolute atomic E-state index is 0.311. The molecule has 1 aromatic heterocycles. The average molecular weight is 394 g/mol. The van der Waals surface area contributed by atoms with Gasteiger partial charge in [-0.3, -0.25) is 10.1 Å². The first-order chi connectivity index (χ1) is 12.0. The predicted octanol–water partition coefficient (Wildman–Crippen LogP) is 4.92. The van der Waals surface area contributed by atoms with Gasteiger partial charge in [-0.1, -0.05) is 46.7 Å². The molecule has 2 aromatic carbocycles. The third-order valence-corrected chi connectivity index (χ3v) is 4.63. The zero-order chi connectivity index (χ0) is 17.8. The van der Waals surface area contributed by atoms with Gasteiger partial charge in [0.05, 0.1) is 0 Å². The molecule has 128 valence electrons. The van der Waals surface area contributed by atoms with Crippen molar-refractivity contribution in [3.8, 4) is 16.3 Å². The molecule has 0 saturated heterocycles. The van der Waals surface area contributed by atoms with E-state index >= 15 is 0 Å². The van der Waals surface area contributed by atoms with E-state index in [9.17, 15) is 4.79 Å². The van der Waals surface area contributed by atoms with E-state index in [4.69, 9.17) is 27.9 Å². The van der Waals surface area contributed by atoms with E-state index in [1.54, 1.807) is 43.3 Å². The number of carbonyl (C=O) groups excluding carboxylic acids is 1. The summed E-state index contributed by atoms with van der Waals surface area (Å²) in [5.41, 5.74) is 0.882. The van der Waals surface area contributed by atoms with Crippen LogP contribution in [0.15, 0.2) is 48.5 Å². The maximum absolute atomic E-state index is 12.2. The first-order valence-electron chi connectivity index (χ1n) is 7.34. The molecule has 25 heavy (non-hydrogen) atoms. The maximum atomic E-state index is 12.2. The second-order valence-electron chi connectivity index (χ2n) is 5.12. The first-order valence-corrected chi connectivity index (χ1v) is 8.91. The van der Waals surface area contributed by atoms with Gasteiger partial charge in [0.25, 0.3) is 5.91 Å². The van der Waals surface area contributed by atoms with Gasteiger partial charge >= 0.3 is 0 Å². The summed E-state index contributed by atoms with van der Waals surface area (Å²) in [5, 5.41) is 13.1. The number of benzene rings is 2. The van der Waals surface area contributed by atoms with Crippen LogP contribution in [-0.2, 0) is 4.79 Å². The molecule has 0 fully saturated rings. The lowest BCUT2D eigenvalue weighted by molar-refractivity contribution is -0.122. The van der Waals surface area contributed by atoms with Crippen molar-refractivity contribution in [1.82, 2.24) is 10.2 Å². The Hall–Kier alpha value is -2.15. The lowest BCUT2D eigenvalue weighted by Gasteiger charge is -2.13. The van der Waals surface area contributed by atoms with Crippen LogP contribution >= 0.6 is 34.5 Å². The quantitative estimate of drug-likeness (QED) is 0.667. The normalized spacial score (nSPS) is 11.8. The number of ether oxygens (including phenoxy) is 1. The van der Waals surface area contributed by atoms with Crippen LogP contribution in [0.3, 0.4) is 0 Å². The van der Waals surface area contributed by atoms with Crippen LogP contribution in [0.4, 0.5) is 5.13 Å². The summed E-state index contributed by atoms with van der Waals surface area (Å²) in [7, 11) is 0. The summed E-state index contributed by atoms with van der Waals surface area (Å²) in [5.74, 6) is 0.250. The maximum Gasteiger partial charge on any atom is 0.266 e. The minimum Gasteiger partial charge on any atom is -0.481 e. The molecule has 1 heterocycles. The largest absolute Gasteiger partial charge is 0.481 e. The molecule has 5 nitrogen and oxygen atoms in total. The number of nitrogens with one attached hydrogen (secondary N) is 1. The van der Waals surface area contributed by atoms with Gasteiger partial charge in [0.2, 0.25) is 5.13 Å². The highest BCUT2D eigenvalue weighted by Gasteiger charge is 2.17.